The summed E-state index contributed by atoms with van der Waals surface area (Å²) in [5.41, 5.74) is 8.00. The fourth-order valence-corrected chi connectivity index (χ4v) is 1.51. The van der Waals surface area contributed by atoms with Gasteiger partial charge in [-0.3, -0.25) is 4.79 Å². The van der Waals surface area contributed by atoms with Gasteiger partial charge < -0.3 is 0 Å². The highest BCUT2D eigenvalue weighted by molar-refractivity contribution is 5.76. The minimum absolute atomic E-state index is 0.330. The monoisotopic (exact) mass is 211 g/mol. The number of unbranched alkanes of at least 4 members (excludes halogenated alkanes) is 7. The smallest absolute Gasteiger partial charge is 0.218 e. The molecule has 0 radical (unpaired) electrons. The first-order chi connectivity index (χ1) is 7.31. The maximum absolute atomic E-state index is 10.8. The van der Waals surface area contributed by atoms with Crippen LogP contribution in [0.1, 0.15) is 64.7 Å². The Kier molecular flexibility index (Phi) is 10.3. The van der Waals surface area contributed by atoms with Crippen LogP contribution in [0.4, 0.5) is 0 Å². The lowest BCUT2D eigenvalue weighted by molar-refractivity contribution is -0.118. The first-order valence-electron chi connectivity index (χ1n) is 5.89. The minimum atomic E-state index is -0.330. The first-order valence-corrected chi connectivity index (χ1v) is 5.89. The van der Waals surface area contributed by atoms with E-state index < -0.39 is 0 Å². The fraction of sp³-hybridized carbons (Fsp3) is 0.909. The number of hydrogen-bond acceptors (Lipinski definition) is 1. The molecule has 0 unspecified atom stereocenters. The summed E-state index contributed by atoms with van der Waals surface area (Å²) in [4.78, 5) is 13.3. The topological polar surface area (TPSA) is 65.8 Å². The van der Waals surface area contributed by atoms with Gasteiger partial charge in [0.15, 0.2) is 0 Å². The van der Waals surface area contributed by atoms with Crippen LogP contribution in [0.2, 0.25) is 0 Å². The number of azide groups is 1. The third kappa shape index (κ3) is 10.9. The molecule has 0 bridgehead atoms. The Morgan fingerprint density at radius 1 is 1.07 bits per heavy atom. The number of rotatable bonds is 9. The van der Waals surface area contributed by atoms with E-state index in [9.17, 15) is 4.79 Å². The van der Waals surface area contributed by atoms with Gasteiger partial charge in [-0.25, -0.2) is 0 Å². The Hall–Kier alpha value is -1.02. The molecule has 0 fully saturated rings. The van der Waals surface area contributed by atoms with Gasteiger partial charge in [-0.2, -0.15) is 0 Å². The summed E-state index contributed by atoms with van der Waals surface area (Å²) >= 11 is 0. The second kappa shape index (κ2) is 11.1. The summed E-state index contributed by atoms with van der Waals surface area (Å²) in [5, 5.41) is 3.02. The number of amides is 1. The van der Waals surface area contributed by atoms with Gasteiger partial charge in [0.25, 0.3) is 0 Å². The molecule has 0 saturated carbocycles. The lowest BCUT2D eigenvalue weighted by atomic mass is 10.1. The van der Waals surface area contributed by atoms with Crippen molar-refractivity contribution in [1.29, 1.82) is 0 Å². The summed E-state index contributed by atoms with van der Waals surface area (Å²) in [5.74, 6) is -0.330. The highest BCUT2D eigenvalue weighted by Gasteiger charge is 1.97. The molecule has 0 N–H and O–H groups in total. The molecule has 0 aromatic rings. The molecule has 0 aliphatic heterocycles. The van der Waals surface area contributed by atoms with Crippen LogP contribution in [0.5, 0.6) is 0 Å². The molecule has 0 saturated heterocycles. The minimum Gasteiger partial charge on any atom is -0.293 e. The summed E-state index contributed by atoms with van der Waals surface area (Å²) < 4.78 is 0. The van der Waals surface area contributed by atoms with Crippen LogP contribution < -0.4 is 0 Å². The van der Waals surface area contributed by atoms with Crippen molar-refractivity contribution in [2.24, 2.45) is 5.11 Å². The van der Waals surface area contributed by atoms with Gasteiger partial charge in [0.2, 0.25) is 5.91 Å². The third-order valence-corrected chi connectivity index (χ3v) is 2.40. The van der Waals surface area contributed by atoms with E-state index in [1.54, 1.807) is 0 Å². The molecule has 0 aliphatic carbocycles. The molecular formula is C11H21N3O. The normalized spacial score (nSPS) is 9.67. The van der Waals surface area contributed by atoms with E-state index in [0.717, 1.165) is 12.8 Å². The predicted octanol–water partition coefficient (Wildman–Crippen LogP) is 4.35. The van der Waals surface area contributed by atoms with Crippen LogP contribution in [0.15, 0.2) is 5.11 Å². The zero-order valence-corrected chi connectivity index (χ0v) is 9.61. The van der Waals surface area contributed by atoms with Crippen molar-refractivity contribution in [3.8, 4) is 0 Å². The van der Waals surface area contributed by atoms with E-state index in [1.165, 1.54) is 38.5 Å². The highest BCUT2D eigenvalue weighted by atomic mass is 16.1. The SMILES string of the molecule is CCCCCCCCCCC(=O)N=[N+]=[N-]. The van der Waals surface area contributed by atoms with Gasteiger partial charge in [0.05, 0.1) is 0 Å². The van der Waals surface area contributed by atoms with Gasteiger partial charge >= 0.3 is 0 Å². The van der Waals surface area contributed by atoms with Gasteiger partial charge in [0, 0.05) is 11.3 Å². The van der Waals surface area contributed by atoms with Gasteiger partial charge in [-0.1, -0.05) is 51.9 Å². The largest absolute Gasteiger partial charge is 0.293 e. The van der Waals surface area contributed by atoms with E-state index in [-0.39, 0.29) is 5.91 Å². The predicted molar refractivity (Wildman–Crippen MR) is 61.4 cm³/mol. The van der Waals surface area contributed by atoms with E-state index >= 15 is 0 Å². The first kappa shape index (κ1) is 14.0. The van der Waals surface area contributed by atoms with Crippen LogP contribution in [-0.2, 0) is 4.79 Å². The molecule has 0 atom stereocenters. The van der Waals surface area contributed by atoms with Gasteiger partial charge in [-0.15, -0.1) is 0 Å². The van der Waals surface area contributed by atoms with Crippen molar-refractivity contribution in [2.75, 3.05) is 0 Å². The fourth-order valence-electron chi connectivity index (χ4n) is 1.51. The molecule has 0 heterocycles. The van der Waals surface area contributed by atoms with Crippen molar-refractivity contribution in [3.05, 3.63) is 10.4 Å². The molecule has 4 nitrogen and oxygen atoms in total. The van der Waals surface area contributed by atoms with Crippen molar-refractivity contribution < 1.29 is 4.79 Å². The summed E-state index contributed by atoms with van der Waals surface area (Å²) in [6.07, 6.45) is 10.0. The van der Waals surface area contributed by atoms with Crippen LogP contribution in [0.3, 0.4) is 0 Å². The number of nitrogens with zero attached hydrogens (tertiary/aromatic N) is 3. The highest BCUT2D eigenvalue weighted by Crippen LogP contribution is 2.09. The van der Waals surface area contributed by atoms with Crippen molar-refractivity contribution in [3.63, 3.8) is 0 Å². The second-order valence-corrected chi connectivity index (χ2v) is 3.81. The van der Waals surface area contributed by atoms with Crippen molar-refractivity contribution in [1.82, 2.24) is 0 Å². The third-order valence-electron chi connectivity index (χ3n) is 2.40. The number of carbonyl (C=O) groups excluding carboxylic acids is 1. The molecule has 0 aromatic carbocycles. The van der Waals surface area contributed by atoms with Gasteiger partial charge in [-0.05, 0) is 17.1 Å². The average Bonchev–Trinajstić information content (AvgIpc) is 2.22. The summed E-state index contributed by atoms with van der Waals surface area (Å²) in [6, 6.07) is 0. The Bertz CT molecular complexity index is 210. The molecule has 0 rings (SSSR count). The van der Waals surface area contributed by atoms with Crippen LogP contribution >= 0.6 is 0 Å². The Balaban J connectivity index is 3.11. The Morgan fingerprint density at radius 2 is 1.60 bits per heavy atom. The van der Waals surface area contributed by atoms with Crippen LogP contribution in [-0.4, -0.2) is 5.91 Å². The van der Waals surface area contributed by atoms with Crippen molar-refractivity contribution >= 4 is 5.91 Å². The quantitative estimate of drug-likeness (QED) is 0.242. The lowest BCUT2D eigenvalue weighted by Gasteiger charge is -1.99. The molecular weight excluding hydrogens is 190 g/mol. The van der Waals surface area contributed by atoms with E-state index in [2.05, 4.69) is 16.9 Å². The van der Waals surface area contributed by atoms with E-state index in [4.69, 9.17) is 5.53 Å². The molecule has 0 aromatic heterocycles. The summed E-state index contributed by atoms with van der Waals surface area (Å²) in [6.45, 7) is 2.21. The second-order valence-electron chi connectivity index (χ2n) is 3.81. The molecule has 0 aliphatic rings. The molecule has 0 spiro atoms. The molecule has 15 heavy (non-hydrogen) atoms. The Labute approximate surface area is 91.7 Å². The number of hydrogen-bond donors (Lipinski definition) is 0. The van der Waals surface area contributed by atoms with Crippen LogP contribution in [0, 0.1) is 0 Å². The zero-order valence-electron chi connectivity index (χ0n) is 9.61. The maximum atomic E-state index is 10.8. The molecule has 4 heteroatoms. The molecule has 86 valence electrons. The van der Waals surface area contributed by atoms with E-state index in [0.29, 0.717) is 6.42 Å². The van der Waals surface area contributed by atoms with Crippen LogP contribution in [0.25, 0.3) is 10.4 Å². The average molecular weight is 211 g/mol. The molecule has 1 amide bonds. The van der Waals surface area contributed by atoms with Crippen molar-refractivity contribution in [2.45, 2.75) is 64.7 Å². The maximum Gasteiger partial charge on any atom is 0.218 e. The van der Waals surface area contributed by atoms with E-state index in [1.807, 2.05) is 0 Å². The summed E-state index contributed by atoms with van der Waals surface area (Å²) in [7, 11) is 0. The number of carbonyl (C=O) groups is 1. The standard InChI is InChI=1S/C11H21N3O/c1-2-3-4-5-6-7-8-9-10-11(15)13-14-12/h2-10H2,1H3. The Morgan fingerprint density at radius 3 is 2.13 bits per heavy atom. The van der Waals surface area contributed by atoms with Gasteiger partial charge in [0.1, 0.15) is 0 Å². The lowest BCUT2D eigenvalue weighted by Crippen LogP contribution is -1.90. The zero-order chi connectivity index (χ0) is 11.4.